The van der Waals surface area contributed by atoms with Gasteiger partial charge < -0.3 is 10.7 Å². The second-order valence-electron chi connectivity index (χ2n) is 5.86. The fraction of sp³-hybridized carbons (Fsp3) is 0.533. The van der Waals surface area contributed by atoms with Gasteiger partial charge in [0.2, 0.25) is 0 Å². The second-order valence-corrected chi connectivity index (χ2v) is 5.86. The van der Waals surface area contributed by atoms with E-state index in [0.717, 1.165) is 12.8 Å². The van der Waals surface area contributed by atoms with Gasteiger partial charge in [0, 0.05) is 6.54 Å². The van der Waals surface area contributed by atoms with E-state index in [4.69, 9.17) is 5.84 Å². The molecule has 0 spiro atoms. The Hall–Kier alpha value is -1.62. The molecule has 1 saturated carbocycles. The number of nitrogens with two attached hydrogens (primary N) is 1. The molecule has 0 bridgehead atoms. The van der Waals surface area contributed by atoms with E-state index in [1.165, 1.54) is 31.4 Å². The summed E-state index contributed by atoms with van der Waals surface area (Å²) in [6.07, 6.45) is 5.94. The first kappa shape index (κ1) is 14.8. The minimum Gasteiger partial charge on any atom is -0.351 e. The fourth-order valence-electron chi connectivity index (χ4n) is 2.83. The highest BCUT2D eigenvalue weighted by Crippen LogP contribution is 2.35. The van der Waals surface area contributed by atoms with Crippen LogP contribution in [0.15, 0.2) is 18.2 Å². The van der Waals surface area contributed by atoms with Crippen LogP contribution in [-0.4, -0.2) is 12.5 Å². The largest absolute Gasteiger partial charge is 0.351 e. The van der Waals surface area contributed by atoms with Gasteiger partial charge in [0.15, 0.2) is 0 Å². The molecule has 1 amide bonds. The number of hydrogen-bond donors (Lipinski definition) is 3. The summed E-state index contributed by atoms with van der Waals surface area (Å²) in [6, 6.07) is 4.35. The van der Waals surface area contributed by atoms with Crippen LogP contribution < -0.4 is 16.6 Å². The van der Waals surface area contributed by atoms with Gasteiger partial charge in [0.05, 0.1) is 11.3 Å². The summed E-state index contributed by atoms with van der Waals surface area (Å²) >= 11 is 0. The molecule has 0 radical (unpaired) electrons. The van der Waals surface area contributed by atoms with Gasteiger partial charge in [-0.3, -0.25) is 10.6 Å². The van der Waals surface area contributed by atoms with Crippen molar-refractivity contribution in [3.63, 3.8) is 0 Å². The van der Waals surface area contributed by atoms with Crippen molar-refractivity contribution in [2.45, 2.75) is 39.0 Å². The van der Waals surface area contributed by atoms with Crippen molar-refractivity contribution >= 4 is 11.6 Å². The maximum Gasteiger partial charge on any atom is 0.253 e. The van der Waals surface area contributed by atoms with Crippen molar-refractivity contribution in [2.75, 3.05) is 12.0 Å². The molecule has 4 nitrogen and oxygen atoms in total. The van der Waals surface area contributed by atoms with Crippen LogP contribution in [0.3, 0.4) is 0 Å². The molecule has 4 N–H and O–H groups in total. The van der Waals surface area contributed by atoms with Gasteiger partial charge in [-0.1, -0.05) is 32.3 Å². The van der Waals surface area contributed by atoms with E-state index in [1.807, 2.05) is 0 Å². The second kappa shape index (κ2) is 6.22. The lowest BCUT2D eigenvalue weighted by Gasteiger charge is -2.33. The maximum atomic E-state index is 13.6. The lowest BCUT2D eigenvalue weighted by atomic mass is 9.76. The Labute approximate surface area is 118 Å². The van der Waals surface area contributed by atoms with Crippen LogP contribution in [0.5, 0.6) is 0 Å². The van der Waals surface area contributed by atoms with Crippen molar-refractivity contribution in [3.05, 3.63) is 29.6 Å². The maximum absolute atomic E-state index is 13.6. The highest BCUT2D eigenvalue weighted by atomic mass is 19.1. The molecule has 5 heteroatoms. The van der Waals surface area contributed by atoms with Gasteiger partial charge in [-0.2, -0.15) is 0 Å². The third-order valence-electron chi connectivity index (χ3n) is 4.14. The summed E-state index contributed by atoms with van der Waals surface area (Å²) in [6.45, 7) is 2.81. The summed E-state index contributed by atoms with van der Waals surface area (Å²) in [7, 11) is 0. The molecule has 1 fully saturated rings. The van der Waals surface area contributed by atoms with Crippen LogP contribution in [0.4, 0.5) is 10.1 Å². The summed E-state index contributed by atoms with van der Waals surface area (Å²) in [5, 5.41) is 2.91. The van der Waals surface area contributed by atoms with Crippen LogP contribution in [0, 0.1) is 11.2 Å². The number of para-hydroxylation sites is 1. The van der Waals surface area contributed by atoms with Crippen LogP contribution in [-0.2, 0) is 0 Å². The fourth-order valence-corrected chi connectivity index (χ4v) is 2.83. The Morgan fingerprint density at radius 3 is 2.70 bits per heavy atom. The summed E-state index contributed by atoms with van der Waals surface area (Å²) in [4.78, 5) is 12.2. The zero-order chi connectivity index (χ0) is 14.6. The number of hydrogen-bond acceptors (Lipinski definition) is 3. The highest BCUT2D eigenvalue weighted by Gasteiger charge is 2.27. The molecule has 1 aliphatic rings. The van der Waals surface area contributed by atoms with E-state index in [1.54, 1.807) is 6.07 Å². The molecular weight excluding hydrogens is 257 g/mol. The number of benzene rings is 1. The predicted octanol–water partition coefficient (Wildman–Crippen LogP) is 2.81. The zero-order valence-corrected chi connectivity index (χ0v) is 11.8. The third-order valence-corrected chi connectivity index (χ3v) is 4.14. The Balaban J connectivity index is 2.03. The van der Waals surface area contributed by atoms with Gasteiger partial charge in [-0.05, 0) is 30.4 Å². The molecule has 0 atom stereocenters. The van der Waals surface area contributed by atoms with Crippen LogP contribution >= 0.6 is 0 Å². The molecule has 0 saturated heterocycles. The molecule has 20 heavy (non-hydrogen) atoms. The number of amides is 1. The predicted molar refractivity (Wildman–Crippen MR) is 77.7 cm³/mol. The Morgan fingerprint density at radius 1 is 1.35 bits per heavy atom. The minimum absolute atomic E-state index is 0.0406. The Bertz CT molecular complexity index is 484. The lowest BCUT2D eigenvalue weighted by molar-refractivity contribution is 0.0919. The molecule has 0 aromatic heterocycles. The Morgan fingerprint density at radius 2 is 2.05 bits per heavy atom. The van der Waals surface area contributed by atoms with E-state index in [0.29, 0.717) is 6.54 Å². The summed E-state index contributed by atoms with van der Waals surface area (Å²) in [5.74, 6) is 4.47. The molecule has 110 valence electrons. The average molecular weight is 279 g/mol. The number of carbonyl (C=O) groups is 1. The van der Waals surface area contributed by atoms with Crippen molar-refractivity contribution < 1.29 is 9.18 Å². The van der Waals surface area contributed by atoms with Crippen molar-refractivity contribution in [3.8, 4) is 0 Å². The van der Waals surface area contributed by atoms with E-state index in [9.17, 15) is 9.18 Å². The van der Waals surface area contributed by atoms with E-state index in [2.05, 4.69) is 17.7 Å². The smallest absolute Gasteiger partial charge is 0.253 e. The quantitative estimate of drug-likeness (QED) is 0.586. The van der Waals surface area contributed by atoms with Crippen molar-refractivity contribution in [1.29, 1.82) is 0 Å². The monoisotopic (exact) mass is 279 g/mol. The number of nitrogens with one attached hydrogen (secondary N) is 2. The SMILES string of the molecule is CC1(CNC(=O)c2cccc(F)c2NN)CCCCC1. The molecule has 2 rings (SSSR count). The molecule has 1 aromatic rings. The third kappa shape index (κ3) is 3.28. The van der Waals surface area contributed by atoms with Gasteiger partial charge in [-0.25, -0.2) is 4.39 Å². The normalized spacial score (nSPS) is 17.6. The zero-order valence-electron chi connectivity index (χ0n) is 11.8. The van der Waals surface area contributed by atoms with Gasteiger partial charge in [0.25, 0.3) is 5.91 Å². The Kier molecular flexibility index (Phi) is 4.60. The lowest BCUT2D eigenvalue weighted by Crippen LogP contribution is -2.37. The van der Waals surface area contributed by atoms with Crippen LogP contribution in [0.25, 0.3) is 0 Å². The number of rotatable bonds is 4. The number of nitrogen functional groups attached to an aromatic ring is 1. The van der Waals surface area contributed by atoms with Gasteiger partial charge in [-0.15, -0.1) is 0 Å². The molecule has 1 aromatic carbocycles. The number of anilines is 1. The first-order valence-corrected chi connectivity index (χ1v) is 7.09. The number of halogens is 1. The van der Waals surface area contributed by atoms with E-state index in [-0.39, 0.29) is 22.6 Å². The number of carbonyl (C=O) groups excluding carboxylic acids is 1. The summed E-state index contributed by atoms with van der Waals surface area (Å²) < 4.78 is 13.6. The first-order chi connectivity index (χ1) is 9.56. The minimum atomic E-state index is -0.524. The van der Waals surface area contributed by atoms with Crippen LogP contribution in [0.2, 0.25) is 0 Å². The first-order valence-electron chi connectivity index (χ1n) is 7.09. The van der Waals surface area contributed by atoms with Crippen molar-refractivity contribution in [1.82, 2.24) is 5.32 Å². The number of hydrazine groups is 1. The van der Waals surface area contributed by atoms with E-state index < -0.39 is 5.82 Å². The molecule has 0 heterocycles. The van der Waals surface area contributed by atoms with Gasteiger partial charge in [0.1, 0.15) is 5.82 Å². The standard InChI is InChI=1S/C15H22FN3O/c1-15(8-3-2-4-9-15)10-18-14(20)11-6-5-7-12(16)13(11)19-17/h5-7,19H,2-4,8-10,17H2,1H3,(H,18,20). The van der Waals surface area contributed by atoms with Crippen molar-refractivity contribution in [2.24, 2.45) is 11.3 Å². The molecular formula is C15H22FN3O. The average Bonchev–Trinajstić information content (AvgIpc) is 2.45. The van der Waals surface area contributed by atoms with E-state index >= 15 is 0 Å². The summed E-state index contributed by atoms with van der Waals surface area (Å²) in [5.41, 5.74) is 2.69. The molecule has 0 aliphatic heterocycles. The molecule has 1 aliphatic carbocycles. The van der Waals surface area contributed by atoms with Gasteiger partial charge >= 0.3 is 0 Å². The van der Waals surface area contributed by atoms with Crippen LogP contribution in [0.1, 0.15) is 49.4 Å². The topological polar surface area (TPSA) is 67.2 Å². The highest BCUT2D eigenvalue weighted by molar-refractivity contribution is 5.99. The molecule has 0 unspecified atom stereocenters.